The van der Waals surface area contributed by atoms with Crippen molar-refractivity contribution in [3.63, 3.8) is 0 Å². The van der Waals surface area contributed by atoms with Gasteiger partial charge in [0.2, 0.25) is 0 Å². The fraction of sp³-hybridized carbons (Fsp3) is 0.765. The van der Waals surface area contributed by atoms with Gasteiger partial charge < -0.3 is 14.6 Å². The molecule has 0 spiro atoms. The summed E-state index contributed by atoms with van der Waals surface area (Å²) < 4.78 is 6.03. The summed E-state index contributed by atoms with van der Waals surface area (Å²) in [6.45, 7) is 17.5. The molecule has 1 N–H and O–H groups in total. The van der Waals surface area contributed by atoms with Gasteiger partial charge >= 0.3 is 0 Å². The molecule has 2 heterocycles. The lowest BCUT2D eigenvalue weighted by Crippen LogP contribution is -2.45. The van der Waals surface area contributed by atoms with Crippen LogP contribution in [0.4, 0.5) is 0 Å². The van der Waals surface area contributed by atoms with E-state index in [0.29, 0.717) is 5.92 Å². The van der Waals surface area contributed by atoms with Crippen LogP contribution in [0.2, 0.25) is 0 Å². The van der Waals surface area contributed by atoms with E-state index in [1.54, 1.807) is 0 Å². The summed E-state index contributed by atoms with van der Waals surface area (Å²) >= 11 is 0. The summed E-state index contributed by atoms with van der Waals surface area (Å²) in [5.41, 5.74) is 1.27. The predicted octanol–water partition coefficient (Wildman–Crippen LogP) is 2.47. The van der Waals surface area contributed by atoms with Crippen LogP contribution in [0.25, 0.3) is 0 Å². The minimum atomic E-state index is 0.676. The monoisotopic (exact) mass is 293 g/mol. The zero-order chi connectivity index (χ0) is 15.2. The van der Waals surface area contributed by atoms with E-state index >= 15 is 0 Å². The summed E-state index contributed by atoms with van der Waals surface area (Å²) in [6.07, 6.45) is 0. The van der Waals surface area contributed by atoms with Gasteiger partial charge in [0.15, 0.2) is 0 Å². The summed E-state index contributed by atoms with van der Waals surface area (Å²) in [5.74, 6) is 2.88. The molecule has 0 unspecified atom stereocenters. The van der Waals surface area contributed by atoms with Crippen molar-refractivity contribution < 1.29 is 4.42 Å². The molecule has 0 radical (unpaired) electrons. The van der Waals surface area contributed by atoms with Crippen molar-refractivity contribution in [3.8, 4) is 0 Å². The SMILES string of the molecule is CCN1CCN(Cc2cc(C)c(CNCC(C)C)o2)CC1. The molecule has 0 amide bonds. The van der Waals surface area contributed by atoms with Crippen molar-refractivity contribution >= 4 is 0 Å². The number of nitrogens with zero attached hydrogens (tertiary/aromatic N) is 2. The summed E-state index contributed by atoms with van der Waals surface area (Å²) in [6, 6.07) is 2.21. The molecule has 21 heavy (non-hydrogen) atoms. The third kappa shape index (κ3) is 5.13. The number of rotatable bonds is 7. The lowest BCUT2D eigenvalue weighted by molar-refractivity contribution is 0.125. The van der Waals surface area contributed by atoms with Crippen LogP contribution in [-0.2, 0) is 13.1 Å². The van der Waals surface area contributed by atoms with Crippen molar-refractivity contribution in [1.29, 1.82) is 0 Å². The van der Waals surface area contributed by atoms with Crippen LogP contribution in [0.15, 0.2) is 10.5 Å². The minimum absolute atomic E-state index is 0.676. The Morgan fingerprint density at radius 2 is 1.86 bits per heavy atom. The third-order valence-electron chi connectivity index (χ3n) is 4.20. The van der Waals surface area contributed by atoms with Gasteiger partial charge in [-0.15, -0.1) is 0 Å². The molecule has 4 heteroatoms. The molecule has 120 valence electrons. The fourth-order valence-electron chi connectivity index (χ4n) is 2.80. The molecular weight excluding hydrogens is 262 g/mol. The third-order valence-corrected chi connectivity index (χ3v) is 4.20. The number of aryl methyl sites for hydroxylation is 1. The summed E-state index contributed by atoms with van der Waals surface area (Å²) in [7, 11) is 0. The number of nitrogens with one attached hydrogen (secondary N) is 1. The van der Waals surface area contributed by atoms with Crippen molar-refractivity contribution in [2.24, 2.45) is 5.92 Å². The molecular formula is C17H31N3O. The van der Waals surface area contributed by atoms with Gasteiger partial charge in [-0.2, -0.15) is 0 Å². The first-order chi connectivity index (χ1) is 10.1. The first-order valence-corrected chi connectivity index (χ1v) is 8.32. The van der Waals surface area contributed by atoms with E-state index in [1.807, 2.05) is 0 Å². The molecule has 1 aliphatic heterocycles. The zero-order valence-corrected chi connectivity index (χ0v) is 14.1. The Bertz CT molecular complexity index is 420. The quantitative estimate of drug-likeness (QED) is 0.837. The molecule has 0 atom stereocenters. The summed E-state index contributed by atoms with van der Waals surface area (Å²) in [5, 5.41) is 3.46. The van der Waals surface area contributed by atoms with Gasteiger partial charge in [-0.05, 0) is 37.6 Å². The first kappa shape index (κ1) is 16.5. The van der Waals surface area contributed by atoms with Gasteiger partial charge in [-0.3, -0.25) is 4.90 Å². The van der Waals surface area contributed by atoms with E-state index < -0.39 is 0 Å². The molecule has 1 saturated heterocycles. The van der Waals surface area contributed by atoms with E-state index in [2.05, 4.69) is 48.9 Å². The molecule has 0 bridgehead atoms. The lowest BCUT2D eigenvalue weighted by Gasteiger charge is -2.33. The number of hydrogen-bond acceptors (Lipinski definition) is 4. The van der Waals surface area contributed by atoms with Crippen LogP contribution in [-0.4, -0.2) is 49.1 Å². The van der Waals surface area contributed by atoms with Gasteiger partial charge in [-0.1, -0.05) is 20.8 Å². The lowest BCUT2D eigenvalue weighted by atomic mass is 10.2. The Kier molecular flexibility index (Phi) is 6.27. The largest absolute Gasteiger partial charge is 0.463 e. The highest BCUT2D eigenvalue weighted by Crippen LogP contribution is 2.17. The molecule has 1 aromatic rings. The molecule has 0 aromatic carbocycles. The number of likely N-dealkylation sites (N-methyl/N-ethyl adjacent to an activating group) is 1. The molecule has 1 fully saturated rings. The topological polar surface area (TPSA) is 31.6 Å². The molecule has 0 saturated carbocycles. The van der Waals surface area contributed by atoms with Crippen molar-refractivity contribution in [3.05, 3.63) is 23.2 Å². The van der Waals surface area contributed by atoms with Crippen molar-refractivity contribution in [1.82, 2.24) is 15.1 Å². The van der Waals surface area contributed by atoms with Gasteiger partial charge in [0.05, 0.1) is 13.1 Å². The average Bonchev–Trinajstić information content (AvgIpc) is 2.79. The van der Waals surface area contributed by atoms with Gasteiger partial charge in [-0.25, -0.2) is 0 Å². The van der Waals surface area contributed by atoms with E-state index in [-0.39, 0.29) is 0 Å². The maximum atomic E-state index is 6.03. The Labute approximate surface area is 129 Å². The van der Waals surface area contributed by atoms with Crippen LogP contribution < -0.4 is 5.32 Å². The minimum Gasteiger partial charge on any atom is -0.463 e. The normalized spacial score (nSPS) is 17.8. The Hall–Kier alpha value is -0.840. The average molecular weight is 293 g/mol. The van der Waals surface area contributed by atoms with E-state index in [9.17, 15) is 0 Å². The highest BCUT2D eigenvalue weighted by Gasteiger charge is 2.17. The maximum absolute atomic E-state index is 6.03. The van der Waals surface area contributed by atoms with E-state index in [0.717, 1.165) is 44.2 Å². The Morgan fingerprint density at radius 1 is 1.19 bits per heavy atom. The van der Waals surface area contributed by atoms with Crippen LogP contribution in [0.1, 0.15) is 37.9 Å². The smallest absolute Gasteiger partial charge is 0.120 e. The molecule has 2 rings (SSSR count). The number of furan rings is 1. The fourth-order valence-corrected chi connectivity index (χ4v) is 2.80. The van der Waals surface area contributed by atoms with Crippen molar-refractivity contribution in [2.45, 2.75) is 40.8 Å². The van der Waals surface area contributed by atoms with E-state index in [4.69, 9.17) is 4.42 Å². The molecule has 4 nitrogen and oxygen atoms in total. The van der Waals surface area contributed by atoms with Crippen molar-refractivity contribution in [2.75, 3.05) is 39.3 Å². The predicted molar refractivity (Wildman–Crippen MR) is 87.4 cm³/mol. The first-order valence-electron chi connectivity index (χ1n) is 8.32. The van der Waals surface area contributed by atoms with E-state index in [1.165, 1.54) is 25.2 Å². The standard InChI is InChI=1S/C17H31N3O/c1-5-19-6-8-20(9-7-19)13-16-10-15(4)17(21-16)12-18-11-14(2)3/h10,14,18H,5-9,11-13H2,1-4H3. The highest BCUT2D eigenvalue weighted by molar-refractivity contribution is 5.20. The molecule has 1 aliphatic rings. The number of hydrogen-bond donors (Lipinski definition) is 1. The number of piperazine rings is 1. The summed E-state index contributed by atoms with van der Waals surface area (Å²) in [4.78, 5) is 5.00. The zero-order valence-electron chi connectivity index (χ0n) is 14.1. The Morgan fingerprint density at radius 3 is 2.48 bits per heavy atom. The van der Waals surface area contributed by atoms with Crippen LogP contribution >= 0.6 is 0 Å². The second-order valence-electron chi connectivity index (χ2n) is 6.55. The highest BCUT2D eigenvalue weighted by atomic mass is 16.3. The van der Waals surface area contributed by atoms with Gasteiger partial charge in [0, 0.05) is 26.2 Å². The van der Waals surface area contributed by atoms with Crippen LogP contribution in [0.3, 0.4) is 0 Å². The van der Waals surface area contributed by atoms with Crippen LogP contribution in [0.5, 0.6) is 0 Å². The van der Waals surface area contributed by atoms with Crippen LogP contribution in [0, 0.1) is 12.8 Å². The molecule has 0 aliphatic carbocycles. The molecule has 1 aromatic heterocycles. The second-order valence-corrected chi connectivity index (χ2v) is 6.55. The van der Waals surface area contributed by atoms with Gasteiger partial charge in [0.25, 0.3) is 0 Å². The second kappa shape index (κ2) is 7.97. The Balaban J connectivity index is 1.81. The van der Waals surface area contributed by atoms with Gasteiger partial charge in [0.1, 0.15) is 11.5 Å². The maximum Gasteiger partial charge on any atom is 0.120 e.